The van der Waals surface area contributed by atoms with E-state index in [2.05, 4.69) is 52.8 Å². The molecule has 1 nitrogen and oxygen atoms in total. The number of ether oxygens (including phenoxy) is 1. The topological polar surface area (TPSA) is 9.23 Å². The van der Waals surface area contributed by atoms with Gasteiger partial charge in [-0.3, -0.25) is 0 Å². The monoisotopic (exact) mass is 232 g/mol. The first-order valence-electron chi connectivity index (χ1n) is 6.66. The van der Waals surface area contributed by atoms with Crippen molar-refractivity contribution in [3.05, 3.63) is 34.9 Å². The summed E-state index contributed by atoms with van der Waals surface area (Å²) in [7, 11) is 0. The smallest absolute Gasteiger partial charge is 0.0720 e. The molecule has 0 radical (unpaired) electrons. The van der Waals surface area contributed by atoms with E-state index < -0.39 is 0 Å². The summed E-state index contributed by atoms with van der Waals surface area (Å²) in [4.78, 5) is 0. The number of hydrogen-bond acceptors (Lipinski definition) is 1. The molecule has 1 atom stereocenters. The zero-order valence-corrected chi connectivity index (χ0v) is 11.7. The van der Waals surface area contributed by atoms with E-state index in [4.69, 9.17) is 4.74 Å². The maximum Gasteiger partial charge on any atom is 0.0720 e. The Morgan fingerprint density at radius 2 is 1.88 bits per heavy atom. The van der Waals surface area contributed by atoms with Crippen LogP contribution in [-0.4, -0.2) is 6.61 Å². The summed E-state index contributed by atoms with van der Waals surface area (Å²) in [5.74, 6) is 1.20. The van der Waals surface area contributed by atoms with Crippen LogP contribution < -0.4 is 0 Å². The molecule has 17 heavy (non-hydrogen) atoms. The first-order chi connectivity index (χ1) is 7.95. The normalized spacial score (nSPS) is 24.2. The lowest BCUT2D eigenvalue weighted by atomic mass is 9.70. The highest BCUT2D eigenvalue weighted by Crippen LogP contribution is 2.39. The quantitative estimate of drug-likeness (QED) is 0.740. The minimum Gasteiger partial charge on any atom is -0.376 e. The lowest BCUT2D eigenvalue weighted by molar-refractivity contribution is 0.0390. The average molecular weight is 232 g/mol. The average Bonchev–Trinajstić information content (AvgIpc) is 2.28. The van der Waals surface area contributed by atoms with E-state index in [0.29, 0.717) is 11.8 Å². The largest absolute Gasteiger partial charge is 0.376 e. The Kier molecular flexibility index (Phi) is 3.31. The van der Waals surface area contributed by atoms with Gasteiger partial charge in [-0.1, -0.05) is 52.8 Å². The van der Waals surface area contributed by atoms with Crippen molar-refractivity contribution < 1.29 is 4.74 Å². The van der Waals surface area contributed by atoms with Gasteiger partial charge in [-0.05, 0) is 28.5 Å². The van der Waals surface area contributed by atoms with Crippen LogP contribution in [0.5, 0.6) is 0 Å². The zero-order chi connectivity index (χ0) is 12.6. The fraction of sp³-hybridized carbons (Fsp3) is 0.625. The first-order valence-corrected chi connectivity index (χ1v) is 6.66. The van der Waals surface area contributed by atoms with E-state index in [1.165, 1.54) is 16.7 Å². The van der Waals surface area contributed by atoms with Gasteiger partial charge in [0.05, 0.1) is 13.2 Å². The molecule has 1 unspecified atom stereocenters. The van der Waals surface area contributed by atoms with Gasteiger partial charge in [-0.25, -0.2) is 0 Å². The number of hydrogen-bond donors (Lipinski definition) is 0. The Labute approximate surface area is 105 Å². The highest BCUT2D eigenvalue weighted by Gasteiger charge is 2.35. The van der Waals surface area contributed by atoms with Crippen molar-refractivity contribution in [1.82, 2.24) is 0 Å². The fourth-order valence-electron chi connectivity index (χ4n) is 2.54. The summed E-state index contributed by atoms with van der Waals surface area (Å²) in [5.41, 5.74) is 4.48. The van der Waals surface area contributed by atoms with Gasteiger partial charge in [0.15, 0.2) is 0 Å². The Morgan fingerprint density at radius 1 is 1.18 bits per heavy atom. The molecule has 0 spiro atoms. The van der Waals surface area contributed by atoms with Gasteiger partial charge < -0.3 is 4.74 Å². The Balaban J connectivity index is 2.52. The molecule has 0 fully saturated rings. The molecule has 94 valence electrons. The van der Waals surface area contributed by atoms with Gasteiger partial charge in [0.25, 0.3) is 0 Å². The van der Waals surface area contributed by atoms with E-state index in [1.807, 2.05) is 0 Å². The maximum absolute atomic E-state index is 5.77. The molecule has 0 bridgehead atoms. The molecule has 1 heteroatoms. The van der Waals surface area contributed by atoms with Gasteiger partial charge in [-0.15, -0.1) is 0 Å². The van der Waals surface area contributed by atoms with Crippen LogP contribution in [0.1, 0.15) is 57.2 Å². The molecule has 0 aliphatic carbocycles. The van der Waals surface area contributed by atoms with Crippen molar-refractivity contribution in [3.63, 3.8) is 0 Å². The predicted octanol–water partition coefficient (Wildman–Crippen LogP) is 4.25. The van der Waals surface area contributed by atoms with E-state index in [9.17, 15) is 0 Å². The molecule has 1 aromatic rings. The first kappa shape index (κ1) is 12.6. The van der Waals surface area contributed by atoms with Crippen molar-refractivity contribution in [3.8, 4) is 0 Å². The van der Waals surface area contributed by atoms with Gasteiger partial charge in [-0.2, -0.15) is 0 Å². The number of fused-ring (bicyclic) bond motifs is 1. The van der Waals surface area contributed by atoms with Gasteiger partial charge in [0.2, 0.25) is 0 Å². The number of benzene rings is 1. The van der Waals surface area contributed by atoms with Crippen LogP contribution in [0.2, 0.25) is 0 Å². The lowest BCUT2D eigenvalue weighted by Crippen LogP contribution is -2.38. The highest BCUT2D eigenvalue weighted by molar-refractivity contribution is 5.40. The maximum atomic E-state index is 5.77. The summed E-state index contributed by atoms with van der Waals surface area (Å²) in [6.07, 6.45) is 0. The van der Waals surface area contributed by atoms with Crippen LogP contribution in [-0.2, 0) is 16.8 Å². The molecule has 0 saturated carbocycles. The van der Waals surface area contributed by atoms with Crippen LogP contribution in [0.15, 0.2) is 18.2 Å². The van der Waals surface area contributed by atoms with Crippen molar-refractivity contribution in [2.45, 2.75) is 52.6 Å². The molecule has 2 rings (SSSR count). The third-order valence-electron chi connectivity index (χ3n) is 4.35. The molecule has 0 N–H and O–H groups in total. The molecule has 1 heterocycles. The SMILES string of the molecule is CC(C)c1ccc2c(c1)C(C)(C(C)C)COC2. The summed E-state index contributed by atoms with van der Waals surface area (Å²) < 4.78 is 5.77. The molecule has 0 aromatic heterocycles. The van der Waals surface area contributed by atoms with E-state index in [-0.39, 0.29) is 5.41 Å². The second-order valence-electron chi connectivity index (χ2n) is 6.14. The Morgan fingerprint density at radius 3 is 2.47 bits per heavy atom. The molecular formula is C16H24O. The third kappa shape index (κ3) is 2.13. The standard InChI is InChI=1S/C16H24O/c1-11(2)13-6-7-14-9-17-10-16(5,12(3)4)15(14)8-13/h6-8,11-12H,9-10H2,1-5H3. The van der Waals surface area contributed by atoms with Crippen molar-refractivity contribution in [1.29, 1.82) is 0 Å². The van der Waals surface area contributed by atoms with Gasteiger partial charge in [0, 0.05) is 5.41 Å². The Hall–Kier alpha value is -0.820. The van der Waals surface area contributed by atoms with Gasteiger partial charge in [0.1, 0.15) is 0 Å². The minimum absolute atomic E-state index is 0.165. The molecular weight excluding hydrogens is 208 g/mol. The summed E-state index contributed by atoms with van der Waals surface area (Å²) in [6, 6.07) is 6.91. The lowest BCUT2D eigenvalue weighted by Gasteiger charge is -2.39. The highest BCUT2D eigenvalue weighted by atomic mass is 16.5. The molecule has 0 saturated heterocycles. The summed E-state index contributed by atoms with van der Waals surface area (Å²) >= 11 is 0. The van der Waals surface area contributed by atoms with Crippen molar-refractivity contribution in [2.75, 3.05) is 6.61 Å². The zero-order valence-electron chi connectivity index (χ0n) is 11.7. The number of rotatable bonds is 2. The van der Waals surface area contributed by atoms with Crippen LogP contribution in [0.3, 0.4) is 0 Å². The van der Waals surface area contributed by atoms with Gasteiger partial charge >= 0.3 is 0 Å². The fourth-order valence-corrected chi connectivity index (χ4v) is 2.54. The third-order valence-corrected chi connectivity index (χ3v) is 4.35. The summed E-state index contributed by atoms with van der Waals surface area (Å²) in [6.45, 7) is 13.1. The van der Waals surface area contributed by atoms with Crippen molar-refractivity contribution in [2.24, 2.45) is 5.92 Å². The molecule has 1 aromatic carbocycles. The van der Waals surface area contributed by atoms with Crippen LogP contribution in [0, 0.1) is 5.92 Å². The van der Waals surface area contributed by atoms with Crippen LogP contribution in [0.25, 0.3) is 0 Å². The van der Waals surface area contributed by atoms with E-state index in [1.54, 1.807) is 0 Å². The minimum atomic E-state index is 0.165. The second kappa shape index (κ2) is 4.45. The molecule has 0 amide bonds. The Bertz CT molecular complexity index is 406. The predicted molar refractivity (Wildman–Crippen MR) is 72.4 cm³/mol. The van der Waals surface area contributed by atoms with Crippen LogP contribution >= 0.6 is 0 Å². The van der Waals surface area contributed by atoms with E-state index >= 15 is 0 Å². The molecule has 1 aliphatic rings. The molecule has 1 aliphatic heterocycles. The summed E-state index contributed by atoms with van der Waals surface area (Å²) in [5, 5.41) is 0. The van der Waals surface area contributed by atoms with E-state index in [0.717, 1.165) is 13.2 Å². The second-order valence-corrected chi connectivity index (χ2v) is 6.14. The van der Waals surface area contributed by atoms with Crippen molar-refractivity contribution >= 4 is 0 Å². The van der Waals surface area contributed by atoms with Crippen LogP contribution in [0.4, 0.5) is 0 Å².